The molecule has 30 heavy (non-hydrogen) atoms. The van der Waals surface area contributed by atoms with E-state index in [9.17, 15) is 4.79 Å². The third kappa shape index (κ3) is 3.78. The summed E-state index contributed by atoms with van der Waals surface area (Å²) in [7, 11) is 0. The van der Waals surface area contributed by atoms with Crippen LogP contribution in [0.2, 0.25) is 0 Å². The van der Waals surface area contributed by atoms with Crippen molar-refractivity contribution in [2.75, 3.05) is 10.2 Å². The van der Waals surface area contributed by atoms with Crippen molar-refractivity contribution in [3.63, 3.8) is 0 Å². The van der Waals surface area contributed by atoms with Crippen LogP contribution in [0.5, 0.6) is 0 Å². The molecule has 8 nitrogen and oxygen atoms in total. The van der Waals surface area contributed by atoms with Crippen molar-refractivity contribution in [3.05, 3.63) is 65.5 Å². The molecule has 0 radical (unpaired) electrons. The highest BCUT2D eigenvalue weighted by atomic mass is 35.5. The van der Waals surface area contributed by atoms with Gasteiger partial charge in [0.15, 0.2) is 5.82 Å². The number of H-pyrrole nitrogens is 1. The van der Waals surface area contributed by atoms with Gasteiger partial charge in [-0.05, 0) is 38.0 Å². The zero-order valence-electron chi connectivity index (χ0n) is 16.5. The minimum Gasteiger partial charge on any atom is -0.349 e. The zero-order valence-corrected chi connectivity index (χ0v) is 17.3. The van der Waals surface area contributed by atoms with Crippen LogP contribution in [-0.4, -0.2) is 31.7 Å². The number of nitrogens with zero attached hydrogens (tertiary/aromatic N) is 4. The first-order chi connectivity index (χ1) is 14.6. The van der Waals surface area contributed by atoms with Gasteiger partial charge in [0.25, 0.3) is 5.91 Å². The van der Waals surface area contributed by atoms with Gasteiger partial charge in [-0.2, -0.15) is 5.10 Å². The minimum atomic E-state index is -0.0309. The van der Waals surface area contributed by atoms with Crippen LogP contribution < -0.4 is 15.5 Å². The molecule has 3 aromatic rings. The summed E-state index contributed by atoms with van der Waals surface area (Å²) in [6.45, 7) is 2.52. The van der Waals surface area contributed by atoms with Gasteiger partial charge in [0.05, 0.1) is 18.1 Å². The number of aryl methyl sites for hydroxylation is 1. The van der Waals surface area contributed by atoms with E-state index in [0.29, 0.717) is 29.8 Å². The lowest BCUT2D eigenvalue weighted by molar-refractivity contribution is 0.0951. The predicted molar refractivity (Wildman–Crippen MR) is 116 cm³/mol. The van der Waals surface area contributed by atoms with Crippen molar-refractivity contribution in [1.29, 1.82) is 0 Å². The molecule has 2 aliphatic rings. The maximum absolute atomic E-state index is 12.5. The Morgan fingerprint density at radius 3 is 2.93 bits per heavy atom. The Kier molecular flexibility index (Phi) is 4.71. The average molecular weight is 424 g/mol. The summed E-state index contributed by atoms with van der Waals surface area (Å²) in [5, 5.41) is 13.6. The van der Waals surface area contributed by atoms with Crippen molar-refractivity contribution < 1.29 is 4.79 Å². The van der Waals surface area contributed by atoms with Crippen LogP contribution in [0.1, 0.15) is 40.4 Å². The molecule has 2 aromatic heterocycles. The molecule has 154 valence electrons. The fraction of sp³-hybridized carbons (Fsp3) is 0.286. The molecule has 3 N–H and O–H groups in total. The van der Waals surface area contributed by atoms with E-state index in [1.54, 1.807) is 0 Å². The first kappa shape index (κ1) is 18.7. The SMILES string of the molecule is Cc1cc(NC2=CN(c3cccc(C(=O)NC4CC4)c3)Cc3nc(CCl)cn32)n[nH]1. The molecule has 9 heteroatoms. The Bertz CT molecular complexity index is 1130. The summed E-state index contributed by atoms with van der Waals surface area (Å²) in [6, 6.07) is 9.90. The van der Waals surface area contributed by atoms with Crippen molar-refractivity contribution in [2.24, 2.45) is 0 Å². The molecular weight excluding hydrogens is 402 g/mol. The standard InChI is InChI=1S/C21H22ClN7O/c1-13-7-18(27-26-13)25-20-12-28(11-19-23-16(9-22)10-29(19)20)17-4-2-3-14(8-17)21(30)24-15-5-6-15/h2-4,7-8,10,12,15H,5-6,9,11H2,1H3,(H,24,30)(H2,25,26,27). The summed E-state index contributed by atoms with van der Waals surface area (Å²) < 4.78 is 1.99. The smallest absolute Gasteiger partial charge is 0.251 e. The van der Waals surface area contributed by atoms with Gasteiger partial charge in [-0.25, -0.2) is 4.98 Å². The van der Waals surface area contributed by atoms with Gasteiger partial charge in [-0.1, -0.05) is 6.07 Å². The molecule has 0 bridgehead atoms. The summed E-state index contributed by atoms with van der Waals surface area (Å²) in [5.74, 6) is 2.68. The maximum Gasteiger partial charge on any atom is 0.251 e. The number of rotatable bonds is 6. The fourth-order valence-electron chi connectivity index (χ4n) is 3.46. The van der Waals surface area contributed by atoms with Crippen LogP contribution in [0.15, 0.2) is 42.7 Å². The fourth-order valence-corrected chi connectivity index (χ4v) is 3.59. The summed E-state index contributed by atoms with van der Waals surface area (Å²) in [6.07, 6.45) is 6.05. The summed E-state index contributed by atoms with van der Waals surface area (Å²) in [4.78, 5) is 19.2. The quantitative estimate of drug-likeness (QED) is 0.528. The van der Waals surface area contributed by atoms with Crippen LogP contribution in [0.4, 0.5) is 11.5 Å². The molecule has 1 fully saturated rings. The normalized spacial score (nSPS) is 15.5. The van der Waals surface area contributed by atoms with Gasteiger partial charge in [0.1, 0.15) is 11.6 Å². The third-order valence-electron chi connectivity index (χ3n) is 5.13. The predicted octanol–water partition coefficient (Wildman–Crippen LogP) is 3.43. The second-order valence-corrected chi connectivity index (χ2v) is 7.92. The molecule has 1 aromatic carbocycles. The second-order valence-electron chi connectivity index (χ2n) is 7.65. The highest BCUT2D eigenvalue weighted by Gasteiger charge is 2.25. The number of imidazole rings is 1. The van der Waals surface area contributed by atoms with E-state index >= 15 is 0 Å². The monoisotopic (exact) mass is 423 g/mol. The Morgan fingerprint density at radius 2 is 2.20 bits per heavy atom. The number of halogens is 1. The van der Waals surface area contributed by atoms with Crippen LogP contribution >= 0.6 is 11.6 Å². The van der Waals surface area contributed by atoms with E-state index in [0.717, 1.165) is 41.6 Å². The number of nitrogens with one attached hydrogen (secondary N) is 3. The van der Waals surface area contributed by atoms with Gasteiger partial charge in [-0.15, -0.1) is 11.6 Å². The molecule has 1 amide bonds. The van der Waals surface area contributed by atoms with E-state index < -0.39 is 0 Å². The van der Waals surface area contributed by atoms with Gasteiger partial charge in [0, 0.05) is 41.4 Å². The average Bonchev–Trinajstić information content (AvgIpc) is 3.30. The lowest BCUT2D eigenvalue weighted by atomic mass is 10.1. The Hall–Kier alpha value is -3.26. The number of carbonyl (C=O) groups is 1. The van der Waals surface area contributed by atoms with Crippen molar-refractivity contribution >= 4 is 34.8 Å². The minimum absolute atomic E-state index is 0.0309. The molecule has 0 unspecified atom stereocenters. The topological polar surface area (TPSA) is 90.9 Å². The molecule has 0 spiro atoms. The van der Waals surface area contributed by atoms with Crippen LogP contribution in [0.25, 0.3) is 5.82 Å². The number of aromatic nitrogens is 4. The third-order valence-corrected chi connectivity index (χ3v) is 5.40. The highest BCUT2D eigenvalue weighted by molar-refractivity contribution is 6.16. The molecular formula is C21H22ClN7O. The molecule has 3 heterocycles. The van der Waals surface area contributed by atoms with Crippen LogP contribution in [0.3, 0.4) is 0 Å². The van der Waals surface area contributed by atoms with Gasteiger partial charge in [-0.3, -0.25) is 14.5 Å². The zero-order chi connectivity index (χ0) is 20.7. The second kappa shape index (κ2) is 7.53. The molecule has 5 rings (SSSR count). The molecule has 0 atom stereocenters. The van der Waals surface area contributed by atoms with Gasteiger partial charge in [0.2, 0.25) is 0 Å². The summed E-state index contributed by atoms with van der Waals surface area (Å²) in [5.41, 5.74) is 3.34. The number of aromatic amines is 1. The van der Waals surface area contributed by atoms with E-state index in [1.165, 1.54) is 0 Å². The molecule has 0 saturated heterocycles. The van der Waals surface area contributed by atoms with Crippen LogP contribution in [0, 0.1) is 6.92 Å². The van der Waals surface area contributed by atoms with E-state index in [-0.39, 0.29) is 5.91 Å². The number of fused-ring (bicyclic) bond motifs is 1. The van der Waals surface area contributed by atoms with E-state index in [2.05, 4.69) is 30.7 Å². The number of hydrogen-bond acceptors (Lipinski definition) is 5. The number of anilines is 2. The first-order valence-corrected chi connectivity index (χ1v) is 10.4. The van der Waals surface area contributed by atoms with Crippen molar-refractivity contribution in [2.45, 2.75) is 38.2 Å². The van der Waals surface area contributed by atoms with Crippen molar-refractivity contribution in [1.82, 2.24) is 25.1 Å². The Labute approximate surface area is 178 Å². The summed E-state index contributed by atoms with van der Waals surface area (Å²) >= 11 is 6.02. The number of amides is 1. The van der Waals surface area contributed by atoms with Gasteiger partial charge < -0.3 is 15.5 Å². The number of alkyl halides is 1. The highest BCUT2D eigenvalue weighted by Crippen LogP contribution is 2.28. The van der Waals surface area contributed by atoms with Crippen LogP contribution in [-0.2, 0) is 12.4 Å². The lowest BCUT2D eigenvalue weighted by Crippen LogP contribution is -2.28. The van der Waals surface area contributed by atoms with E-state index in [4.69, 9.17) is 11.6 Å². The van der Waals surface area contributed by atoms with E-state index in [1.807, 2.05) is 54.2 Å². The number of benzene rings is 1. The number of hydrogen-bond donors (Lipinski definition) is 3. The largest absolute Gasteiger partial charge is 0.349 e. The van der Waals surface area contributed by atoms with Gasteiger partial charge >= 0.3 is 0 Å². The number of carbonyl (C=O) groups excluding carboxylic acids is 1. The Balaban J connectivity index is 1.47. The van der Waals surface area contributed by atoms with Crippen molar-refractivity contribution in [3.8, 4) is 0 Å². The first-order valence-electron chi connectivity index (χ1n) is 9.91. The molecule has 1 aliphatic carbocycles. The Morgan fingerprint density at radius 1 is 1.33 bits per heavy atom. The maximum atomic E-state index is 12.5. The molecule has 1 saturated carbocycles. The molecule has 1 aliphatic heterocycles. The lowest BCUT2D eigenvalue weighted by Gasteiger charge is -2.28.